The van der Waals surface area contributed by atoms with Gasteiger partial charge in [-0.15, -0.1) is 0 Å². The van der Waals surface area contributed by atoms with Crippen LogP contribution < -0.4 is 15.1 Å². The number of rotatable bonds is 4. The van der Waals surface area contributed by atoms with Crippen molar-refractivity contribution in [2.24, 2.45) is 0 Å². The Hall–Kier alpha value is -3.99. The molecule has 4 rings (SSSR count). The molecule has 0 radical (unpaired) electrons. The van der Waals surface area contributed by atoms with Crippen LogP contribution in [0.4, 0.5) is 17.3 Å². The lowest BCUT2D eigenvalue weighted by atomic mass is 10.2. The van der Waals surface area contributed by atoms with Crippen molar-refractivity contribution in [1.29, 1.82) is 5.26 Å². The Balaban J connectivity index is 1.38. The van der Waals surface area contributed by atoms with Crippen LogP contribution in [0.1, 0.15) is 16.1 Å². The predicted octanol–water partition coefficient (Wildman–Crippen LogP) is 2.32. The second-order valence-electron chi connectivity index (χ2n) is 6.54. The molecule has 144 valence electrons. The third-order valence-corrected chi connectivity index (χ3v) is 4.76. The number of aromatic nitrogens is 3. The minimum Gasteiger partial charge on any atom is -0.367 e. The number of pyridine rings is 1. The van der Waals surface area contributed by atoms with Crippen LogP contribution in [-0.4, -0.2) is 47.0 Å². The Labute approximate surface area is 168 Å². The van der Waals surface area contributed by atoms with Gasteiger partial charge in [-0.2, -0.15) is 5.26 Å². The summed E-state index contributed by atoms with van der Waals surface area (Å²) < 4.78 is 0. The molecule has 1 N–H and O–H groups in total. The number of hydrogen-bond acceptors (Lipinski definition) is 7. The highest BCUT2D eigenvalue weighted by atomic mass is 16.1. The Bertz CT molecular complexity index is 1020. The third kappa shape index (κ3) is 4.14. The van der Waals surface area contributed by atoms with Crippen LogP contribution in [0.15, 0.2) is 61.1 Å². The summed E-state index contributed by atoms with van der Waals surface area (Å²) in [6, 6.07) is 14.3. The number of anilines is 3. The molecule has 1 amide bonds. The Morgan fingerprint density at radius 1 is 0.931 bits per heavy atom. The maximum Gasteiger partial charge on any atom is 0.274 e. The van der Waals surface area contributed by atoms with Gasteiger partial charge in [0.25, 0.3) is 5.91 Å². The zero-order chi connectivity index (χ0) is 20.1. The molecule has 1 aliphatic rings. The first-order chi connectivity index (χ1) is 14.2. The first-order valence-corrected chi connectivity index (χ1v) is 9.28. The second kappa shape index (κ2) is 8.35. The molecule has 1 fully saturated rings. The first kappa shape index (κ1) is 18.4. The van der Waals surface area contributed by atoms with E-state index in [0.29, 0.717) is 16.9 Å². The number of hydrogen-bond donors (Lipinski definition) is 1. The highest BCUT2D eigenvalue weighted by molar-refractivity contribution is 6.03. The van der Waals surface area contributed by atoms with Crippen molar-refractivity contribution in [1.82, 2.24) is 15.0 Å². The topological polar surface area (TPSA) is 98.0 Å². The molecule has 1 aromatic carbocycles. The van der Waals surface area contributed by atoms with Crippen LogP contribution in [0.25, 0.3) is 0 Å². The third-order valence-electron chi connectivity index (χ3n) is 4.76. The van der Waals surface area contributed by atoms with E-state index in [-0.39, 0.29) is 5.91 Å². The van der Waals surface area contributed by atoms with Gasteiger partial charge in [0.05, 0.1) is 23.1 Å². The van der Waals surface area contributed by atoms with Crippen LogP contribution in [0.5, 0.6) is 0 Å². The van der Waals surface area contributed by atoms with Gasteiger partial charge < -0.3 is 15.1 Å². The van der Waals surface area contributed by atoms with Crippen molar-refractivity contribution in [3.05, 3.63) is 72.3 Å². The number of piperazine rings is 1. The van der Waals surface area contributed by atoms with Crippen LogP contribution in [-0.2, 0) is 0 Å². The van der Waals surface area contributed by atoms with Gasteiger partial charge >= 0.3 is 0 Å². The number of amides is 1. The van der Waals surface area contributed by atoms with E-state index < -0.39 is 0 Å². The molecule has 0 atom stereocenters. The van der Waals surface area contributed by atoms with Crippen LogP contribution >= 0.6 is 0 Å². The number of benzene rings is 1. The normalized spacial score (nSPS) is 13.6. The molecule has 29 heavy (non-hydrogen) atoms. The Morgan fingerprint density at radius 3 is 2.34 bits per heavy atom. The molecule has 0 bridgehead atoms. The molecular formula is C21H19N7O. The van der Waals surface area contributed by atoms with Gasteiger partial charge in [-0.3, -0.25) is 4.79 Å². The summed E-state index contributed by atoms with van der Waals surface area (Å²) in [5, 5.41) is 11.9. The molecule has 8 heteroatoms. The molecule has 0 unspecified atom stereocenters. The smallest absolute Gasteiger partial charge is 0.274 e. The Kier molecular flexibility index (Phi) is 5.29. The van der Waals surface area contributed by atoms with Gasteiger partial charge in [0.15, 0.2) is 0 Å². The quantitative estimate of drug-likeness (QED) is 0.736. The summed E-state index contributed by atoms with van der Waals surface area (Å²) in [5.41, 5.74) is 2.16. The summed E-state index contributed by atoms with van der Waals surface area (Å²) in [6.45, 7) is 3.27. The van der Waals surface area contributed by atoms with Crippen LogP contribution in [0.2, 0.25) is 0 Å². The highest BCUT2D eigenvalue weighted by Crippen LogP contribution is 2.19. The molecule has 0 saturated carbocycles. The zero-order valence-electron chi connectivity index (χ0n) is 15.7. The minimum atomic E-state index is -0.342. The fraction of sp³-hybridized carbons (Fsp3) is 0.190. The van der Waals surface area contributed by atoms with E-state index in [4.69, 9.17) is 5.26 Å². The SMILES string of the molecule is N#Cc1ccccc1NC(=O)c1ccc(N2CCN(c3ncccn3)CC2)cn1. The summed E-state index contributed by atoms with van der Waals surface area (Å²) in [7, 11) is 0. The lowest BCUT2D eigenvalue weighted by Crippen LogP contribution is -2.47. The number of nitrogens with zero attached hydrogens (tertiary/aromatic N) is 6. The van der Waals surface area contributed by atoms with E-state index in [2.05, 4.69) is 36.1 Å². The zero-order valence-corrected chi connectivity index (χ0v) is 15.7. The van der Waals surface area contributed by atoms with Crippen molar-refractivity contribution in [2.75, 3.05) is 41.3 Å². The predicted molar refractivity (Wildman–Crippen MR) is 110 cm³/mol. The maximum atomic E-state index is 12.5. The summed E-state index contributed by atoms with van der Waals surface area (Å²) in [5.74, 6) is 0.403. The monoisotopic (exact) mass is 385 g/mol. The molecule has 3 aromatic rings. The van der Waals surface area contributed by atoms with Crippen molar-refractivity contribution in [2.45, 2.75) is 0 Å². The highest BCUT2D eigenvalue weighted by Gasteiger charge is 2.19. The van der Waals surface area contributed by atoms with Crippen molar-refractivity contribution >= 4 is 23.2 Å². The van der Waals surface area contributed by atoms with Crippen molar-refractivity contribution in [3.63, 3.8) is 0 Å². The van der Waals surface area contributed by atoms with E-state index in [1.165, 1.54) is 0 Å². The van der Waals surface area contributed by atoms with Gasteiger partial charge in [-0.25, -0.2) is 15.0 Å². The number of para-hydroxylation sites is 1. The van der Waals surface area contributed by atoms with E-state index >= 15 is 0 Å². The van der Waals surface area contributed by atoms with Crippen LogP contribution in [0.3, 0.4) is 0 Å². The Morgan fingerprint density at radius 2 is 1.66 bits per heavy atom. The van der Waals surface area contributed by atoms with Gasteiger partial charge in [-0.1, -0.05) is 12.1 Å². The van der Waals surface area contributed by atoms with E-state index in [1.807, 2.05) is 12.1 Å². The van der Waals surface area contributed by atoms with E-state index in [0.717, 1.165) is 37.8 Å². The molecule has 0 spiro atoms. The number of nitriles is 1. The van der Waals surface area contributed by atoms with E-state index in [1.54, 1.807) is 48.9 Å². The first-order valence-electron chi connectivity index (χ1n) is 9.28. The van der Waals surface area contributed by atoms with Gasteiger partial charge in [0.1, 0.15) is 11.8 Å². The van der Waals surface area contributed by atoms with E-state index in [9.17, 15) is 4.79 Å². The number of carbonyl (C=O) groups excluding carboxylic acids is 1. The molecule has 8 nitrogen and oxygen atoms in total. The van der Waals surface area contributed by atoms with Gasteiger partial charge in [0, 0.05) is 38.6 Å². The average molecular weight is 385 g/mol. The molecular weight excluding hydrogens is 366 g/mol. The standard InChI is InChI=1S/C21H19N7O/c22-14-16-4-1-2-5-18(16)26-20(29)19-7-6-17(15-25-19)27-10-12-28(13-11-27)21-23-8-3-9-24-21/h1-9,15H,10-13H2,(H,26,29). The average Bonchev–Trinajstić information content (AvgIpc) is 2.80. The molecule has 3 heterocycles. The fourth-order valence-corrected chi connectivity index (χ4v) is 3.20. The molecule has 0 aliphatic carbocycles. The van der Waals surface area contributed by atoms with Gasteiger partial charge in [-0.05, 0) is 30.3 Å². The lowest BCUT2D eigenvalue weighted by molar-refractivity contribution is 0.102. The number of nitrogens with one attached hydrogen (secondary N) is 1. The van der Waals surface area contributed by atoms with Gasteiger partial charge in [0.2, 0.25) is 5.95 Å². The summed E-state index contributed by atoms with van der Waals surface area (Å²) >= 11 is 0. The molecule has 1 aliphatic heterocycles. The second-order valence-corrected chi connectivity index (χ2v) is 6.54. The summed E-state index contributed by atoms with van der Waals surface area (Å²) in [6.07, 6.45) is 5.20. The molecule has 2 aromatic heterocycles. The lowest BCUT2D eigenvalue weighted by Gasteiger charge is -2.35. The minimum absolute atomic E-state index is 0.304. The maximum absolute atomic E-state index is 12.5. The van der Waals surface area contributed by atoms with Crippen molar-refractivity contribution in [3.8, 4) is 6.07 Å². The van der Waals surface area contributed by atoms with Crippen LogP contribution in [0, 0.1) is 11.3 Å². The number of carbonyl (C=O) groups is 1. The fourth-order valence-electron chi connectivity index (χ4n) is 3.20. The van der Waals surface area contributed by atoms with Crippen molar-refractivity contribution < 1.29 is 4.79 Å². The summed E-state index contributed by atoms with van der Waals surface area (Å²) in [4.78, 5) is 29.7. The largest absolute Gasteiger partial charge is 0.367 e. The molecule has 1 saturated heterocycles.